The van der Waals surface area contributed by atoms with Gasteiger partial charge in [-0.1, -0.05) is 6.07 Å². The van der Waals surface area contributed by atoms with E-state index in [1.54, 1.807) is 6.92 Å². The summed E-state index contributed by atoms with van der Waals surface area (Å²) in [6, 6.07) is 6.48. The van der Waals surface area contributed by atoms with Gasteiger partial charge in [-0.25, -0.2) is 0 Å². The quantitative estimate of drug-likeness (QED) is 0.897. The van der Waals surface area contributed by atoms with Crippen molar-refractivity contribution in [1.82, 2.24) is 5.32 Å². The van der Waals surface area contributed by atoms with E-state index in [1.165, 1.54) is 29.4 Å². The molecule has 1 aromatic heterocycles. The third-order valence-corrected chi connectivity index (χ3v) is 3.49. The molecule has 0 radical (unpaired) electrons. The normalized spacial score (nSPS) is 14.9. The summed E-state index contributed by atoms with van der Waals surface area (Å²) in [5.41, 5.74) is 3.54. The van der Waals surface area contributed by atoms with Gasteiger partial charge >= 0.3 is 0 Å². The first-order valence-electron chi connectivity index (χ1n) is 6.48. The fourth-order valence-corrected chi connectivity index (χ4v) is 2.34. The molecule has 3 rings (SSSR count). The van der Waals surface area contributed by atoms with Gasteiger partial charge in [0.25, 0.3) is 0 Å². The Morgan fingerprint density at radius 1 is 1.44 bits per heavy atom. The molecule has 1 aliphatic carbocycles. The molecule has 1 amide bonds. The predicted octanol–water partition coefficient (Wildman–Crippen LogP) is 2.99. The third kappa shape index (κ3) is 2.26. The number of carbonyl (C=O) groups excluding carboxylic acids is 1. The van der Waals surface area contributed by atoms with Gasteiger partial charge in [0.15, 0.2) is 0 Å². The van der Waals surface area contributed by atoms with Gasteiger partial charge in [0, 0.05) is 18.9 Å². The lowest BCUT2D eigenvalue weighted by Crippen LogP contribution is -2.22. The zero-order chi connectivity index (χ0) is 12.5. The van der Waals surface area contributed by atoms with Gasteiger partial charge in [-0.3, -0.25) is 4.79 Å². The van der Waals surface area contributed by atoms with Crippen LogP contribution < -0.4 is 5.32 Å². The highest BCUT2D eigenvalue weighted by molar-refractivity contribution is 5.82. The van der Waals surface area contributed by atoms with E-state index >= 15 is 0 Å². The number of carbonyl (C=O) groups is 1. The minimum atomic E-state index is 0.0152. The maximum atomic E-state index is 10.9. The molecule has 0 saturated heterocycles. The number of benzene rings is 1. The summed E-state index contributed by atoms with van der Waals surface area (Å²) in [5.74, 6) is 0.772. The summed E-state index contributed by atoms with van der Waals surface area (Å²) in [4.78, 5) is 10.9. The third-order valence-electron chi connectivity index (χ3n) is 3.49. The summed E-state index contributed by atoms with van der Waals surface area (Å²) in [7, 11) is 0. The Morgan fingerprint density at radius 2 is 2.28 bits per heavy atom. The summed E-state index contributed by atoms with van der Waals surface area (Å²) < 4.78 is 5.55. The standard InChI is InChI=1S/C15H17NO2/c1-10(17)16-7-6-13-9-18-15-5-4-12(8-14(13)15)11-2-3-11/h4-5,8-9,11H,2-3,6-7H2,1H3,(H,16,17). The van der Waals surface area contributed by atoms with Crippen LogP contribution >= 0.6 is 0 Å². The SMILES string of the molecule is CC(=O)NCCc1coc2ccc(C3CC3)cc12. The Labute approximate surface area is 106 Å². The molecule has 0 spiro atoms. The van der Waals surface area contributed by atoms with Crippen LogP contribution in [0.4, 0.5) is 0 Å². The van der Waals surface area contributed by atoms with Gasteiger partial charge in [-0.2, -0.15) is 0 Å². The van der Waals surface area contributed by atoms with E-state index in [2.05, 4.69) is 23.5 Å². The Morgan fingerprint density at radius 3 is 3.00 bits per heavy atom. The number of furan rings is 1. The second-order valence-electron chi connectivity index (χ2n) is 5.02. The van der Waals surface area contributed by atoms with Crippen molar-refractivity contribution in [3.63, 3.8) is 0 Å². The van der Waals surface area contributed by atoms with Gasteiger partial charge < -0.3 is 9.73 Å². The lowest BCUT2D eigenvalue weighted by molar-refractivity contribution is -0.118. The van der Waals surface area contributed by atoms with Crippen molar-refractivity contribution in [2.75, 3.05) is 6.54 Å². The zero-order valence-electron chi connectivity index (χ0n) is 10.5. The first-order chi connectivity index (χ1) is 8.74. The predicted molar refractivity (Wildman–Crippen MR) is 70.6 cm³/mol. The number of nitrogens with one attached hydrogen (secondary N) is 1. The van der Waals surface area contributed by atoms with Crippen LogP contribution in [0.25, 0.3) is 11.0 Å². The second kappa shape index (κ2) is 4.48. The van der Waals surface area contributed by atoms with E-state index < -0.39 is 0 Å². The van der Waals surface area contributed by atoms with Crippen LogP contribution in [0.5, 0.6) is 0 Å². The maximum Gasteiger partial charge on any atom is 0.216 e. The number of hydrogen-bond acceptors (Lipinski definition) is 2. The molecule has 1 aliphatic rings. The number of fused-ring (bicyclic) bond motifs is 1. The average molecular weight is 243 g/mol. The minimum absolute atomic E-state index is 0.0152. The van der Waals surface area contributed by atoms with E-state index in [0.717, 1.165) is 17.9 Å². The zero-order valence-corrected chi connectivity index (χ0v) is 10.5. The number of amides is 1. The van der Waals surface area contributed by atoms with Crippen molar-refractivity contribution in [2.24, 2.45) is 0 Å². The average Bonchev–Trinajstić information content (AvgIpc) is 3.12. The van der Waals surface area contributed by atoms with E-state index in [4.69, 9.17) is 4.42 Å². The van der Waals surface area contributed by atoms with E-state index in [-0.39, 0.29) is 5.91 Å². The highest BCUT2D eigenvalue weighted by atomic mass is 16.3. The largest absolute Gasteiger partial charge is 0.464 e. The van der Waals surface area contributed by atoms with Crippen molar-refractivity contribution < 1.29 is 9.21 Å². The number of hydrogen-bond donors (Lipinski definition) is 1. The van der Waals surface area contributed by atoms with Crippen LogP contribution in [-0.2, 0) is 11.2 Å². The molecule has 1 aromatic carbocycles. The molecule has 94 valence electrons. The first-order valence-corrected chi connectivity index (χ1v) is 6.48. The monoisotopic (exact) mass is 243 g/mol. The molecule has 1 fully saturated rings. The Bertz CT molecular complexity index is 581. The molecule has 3 heteroatoms. The highest BCUT2D eigenvalue weighted by Gasteiger charge is 2.24. The lowest BCUT2D eigenvalue weighted by atomic mass is 10.0. The molecule has 2 aromatic rings. The van der Waals surface area contributed by atoms with Crippen LogP contribution in [0.3, 0.4) is 0 Å². The number of rotatable bonds is 4. The topological polar surface area (TPSA) is 42.2 Å². The molecular formula is C15H17NO2. The van der Waals surface area contributed by atoms with Gasteiger partial charge in [0.05, 0.1) is 6.26 Å². The fraction of sp³-hybridized carbons (Fsp3) is 0.400. The molecule has 0 unspecified atom stereocenters. The fourth-order valence-electron chi connectivity index (χ4n) is 2.34. The first kappa shape index (κ1) is 11.3. The van der Waals surface area contributed by atoms with Gasteiger partial charge in [-0.05, 0) is 48.4 Å². The molecule has 0 atom stereocenters. The van der Waals surface area contributed by atoms with Crippen molar-refractivity contribution in [1.29, 1.82) is 0 Å². The summed E-state index contributed by atoms with van der Waals surface area (Å²) in [6.07, 6.45) is 5.25. The van der Waals surface area contributed by atoms with Gasteiger partial charge in [0.2, 0.25) is 5.91 Å². The molecular weight excluding hydrogens is 226 g/mol. The molecule has 18 heavy (non-hydrogen) atoms. The van der Waals surface area contributed by atoms with Crippen LogP contribution in [-0.4, -0.2) is 12.5 Å². The second-order valence-corrected chi connectivity index (χ2v) is 5.02. The Hall–Kier alpha value is -1.77. The van der Waals surface area contributed by atoms with E-state index in [0.29, 0.717) is 6.54 Å². The van der Waals surface area contributed by atoms with Gasteiger partial charge in [0.1, 0.15) is 5.58 Å². The van der Waals surface area contributed by atoms with E-state index in [1.807, 2.05) is 6.26 Å². The molecule has 3 nitrogen and oxygen atoms in total. The summed E-state index contributed by atoms with van der Waals surface area (Å²) >= 11 is 0. The maximum absolute atomic E-state index is 10.9. The minimum Gasteiger partial charge on any atom is -0.464 e. The Kier molecular flexibility index (Phi) is 2.82. The Balaban J connectivity index is 1.82. The van der Waals surface area contributed by atoms with Crippen molar-refractivity contribution in [3.05, 3.63) is 35.6 Å². The molecule has 1 saturated carbocycles. The molecule has 1 heterocycles. The lowest BCUT2D eigenvalue weighted by Gasteiger charge is -2.02. The summed E-state index contributed by atoms with van der Waals surface area (Å²) in [6.45, 7) is 2.20. The van der Waals surface area contributed by atoms with E-state index in [9.17, 15) is 4.79 Å². The van der Waals surface area contributed by atoms with Crippen LogP contribution in [0.15, 0.2) is 28.9 Å². The molecule has 0 aliphatic heterocycles. The van der Waals surface area contributed by atoms with Crippen LogP contribution in [0, 0.1) is 0 Å². The van der Waals surface area contributed by atoms with Crippen molar-refractivity contribution in [3.8, 4) is 0 Å². The van der Waals surface area contributed by atoms with Gasteiger partial charge in [-0.15, -0.1) is 0 Å². The van der Waals surface area contributed by atoms with Crippen LogP contribution in [0.1, 0.15) is 36.8 Å². The molecule has 1 N–H and O–H groups in total. The van der Waals surface area contributed by atoms with Crippen molar-refractivity contribution in [2.45, 2.75) is 32.1 Å². The summed E-state index contributed by atoms with van der Waals surface area (Å²) in [5, 5.41) is 4.02. The molecule has 0 bridgehead atoms. The van der Waals surface area contributed by atoms with Crippen molar-refractivity contribution >= 4 is 16.9 Å². The smallest absolute Gasteiger partial charge is 0.216 e. The highest BCUT2D eigenvalue weighted by Crippen LogP contribution is 2.41. The van der Waals surface area contributed by atoms with Crippen LogP contribution in [0.2, 0.25) is 0 Å².